The van der Waals surface area contributed by atoms with Gasteiger partial charge in [0.1, 0.15) is 13.2 Å². The van der Waals surface area contributed by atoms with Crippen molar-refractivity contribution in [3.8, 4) is 17.6 Å². The molecule has 130 valence electrons. The van der Waals surface area contributed by atoms with Crippen molar-refractivity contribution < 1.29 is 14.3 Å². The zero-order chi connectivity index (χ0) is 17.6. The van der Waals surface area contributed by atoms with Crippen LogP contribution in [0.25, 0.3) is 0 Å². The Labute approximate surface area is 154 Å². The summed E-state index contributed by atoms with van der Waals surface area (Å²) in [5.74, 6) is 1.51. The molecule has 1 aliphatic rings. The fourth-order valence-electron chi connectivity index (χ4n) is 2.36. The molecule has 0 radical (unpaired) electrons. The highest BCUT2D eigenvalue weighted by Gasteiger charge is 2.20. The number of anilines is 1. The number of rotatable bonds is 6. The summed E-state index contributed by atoms with van der Waals surface area (Å²) in [7, 11) is 0. The molecule has 0 spiro atoms. The molecule has 1 amide bonds. The smallest absolute Gasteiger partial charge is 0.237 e. The van der Waals surface area contributed by atoms with E-state index in [4.69, 9.17) is 14.7 Å². The maximum absolute atomic E-state index is 12.7. The fraction of sp³-hybridized carbons (Fsp3) is 0.353. The lowest BCUT2D eigenvalue weighted by atomic mass is 10.2. The summed E-state index contributed by atoms with van der Waals surface area (Å²) in [6, 6.07) is 7.51. The molecule has 3 rings (SSSR count). The first kappa shape index (κ1) is 17.6. The third kappa shape index (κ3) is 4.44. The monoisotopic (exact) mass is 375 g/mol. The molecule has 1 aromatic heterocycles. The molecule has 0 saturated heterocycles. The van der Waals surface area contributed by atoms with Crippen molar-refractivity contribution in [3.63, 3.8) is 0 Å². The van der Waals surface area contributed by atoms with Crippen molar-refractivity contribution in [2.24, 2.45) is 0 Å². The first-order chi connectivity index (χ1) is 12.2. The molecule has 6 nitrogen and oxygen atoms in total. The second-order valence-electron chi connectivity index (χ2n) is 5.32. The van der Waals surface area contributed by atoms with Crippen LogP contribution in [-0.4, -0.2) is 36.4 Å². The average Bonchev–Trinajstić information content (AvgIpc) is 3.05. The van der Waals surface area contributed by atoms with Gasteiger partial charge in [0.25, 0.3) is 0 Å². The summed E-state index contributed by atoms with van der Waals surface area (Å²) >= 11 is 2.94. The Kier molecular flexibility index (Phi) is 5.79. The fourth-order valence-corrected chi connectivity index (χ4v) is 4.08. The van der Waals surface area contributed by atoms with Crippen molar-refractivity contribution in [2.75, 3.05) is 30.4 Å². The van der Waals surface area contributed by atoms with Crippen LogP contribution < -0.4 is 14.4 Å². The number of amides is 1. The van der Waals surface area contributed by atoms with Crippen molar-refractivity contribution >= 4 is 34.7 Å². The second kappa shape index (κ2) is 8.23. The van der Waals surface area contributed by atoms with E-state index in [1.54, 1.807) is 17.0 Å². The first-order valence-corrected chi connectivity index (χ1v) is 9.66. The lowest BCUT2D eigenvalue weighted by Crippen LogP contribution is -2.33. The van der Waals surface area contributed by atoms with E-state index in [-0.39, 0.29) is 18.1 Å². The van der Waals surface area contributed by atoms with Crippen LogP contribution >= 0.6 is 23.1 Å². The Hall–Kier alpha value is -2.24. The van der Waals surface area contributed by atoms with Crippen molar-refractivity contribution in [3.05, 3.63) is 29.3 Å². The van der Waals surface area contributed by atoms with Gasteiger partial charge in [-0.25, -0.2) is 4.98 Å². The molecule has 0 unspecified atom stereocenters. The SMILES string of the molecule is Cc1csc(SCC(=O)N(CCC#N)c2ccc3c(c2)OCCO3)n1. The first-order valence-electron chi connectivity index (χ1n) is 7.79. The van der Waals surface area contributed by atoms with E-state index >= 15 is 0 Å². The van der Waals surface area contributed by atoms with E-state index < -0.39 is 0 Å². The van der Waals surface area contributed by atoms with Crippen molar-refractivity contribution in [2.45, 2.75) is 17.7 Å². The van der Waals surface area contributed by atoms with Crippen molar-refractivity contribution in [1.82, 2.24) is 4.98 Å². The number of thioether (sulfide) groups is 1. The maximum atomic E-state index is 12.7. The summed E-state index contributed by atoms with van der Waals surface area (Å²) in [5, 5.41) is 10.9. The van der Waals surface area contributed by atoms with E-state index in [2.05, 4.69) is 11.1 Å². The maximum Gasteiger partial charge on any atom is 0.237 e. The van der Waals surface area contributed by atoms with Gasteiger partial charge in [0.2, 0.25) is 5.91 Å². The highest BCUT2D eigenvalue weighted by molar-refractivity contribution is 8.01. The number of carbonyl (C=O) groups is 1. The molecule has 25 heavy (non-hydrogen) atoms. The third-order valence-corrected chi connectivity index (χ3v) is 5.63. The molecule has 0 atom stereocenters. The Morgan fingerprint density at radius 2 is 2.20 bits per heavy atom. The standard InChI is InChI=1S/C17H17N3O3S2/c1-12-10-24-17(19-12)25-11-16(21)20(6-2-5-18)13-3-4-14-15(9-13)23-8-7-22-14/h3-4,9-10H,2,6-8,11H2,1H3. The van der Waals surface area contributed by atoms with Gasteiger partial charge in [0.15, 0.2) is 15.8 Å². The van der Waals surface area contributed by atoms with Crippen LogP contribution in [0.3, 0.4) is 0 Å². The van der Waals surface area contributed by atoms with Crippen LogP contribution in [0.2, 0.25) is 0 Å². The summed E-state index contributed by atoms with van der Waals surface area (Å²) in [4.78, 5) is 18.7. The van der Waals surface area contributed by atoms with E-state index in [1.165, 1.54) is 23.1 Å². The summed E-state index contributed by atoms with van der Waals surface area (Å²) < 4.78 is 12.0. The third-order valence-electron chi connectivity index (χ3n) is 3.50. The Morgan fingerprint density at radius 3 is 2.92 bits per heavy atom. The van der Waals surface area contributed by atoms with E-state index in [1.807, 2.05) is 18.4 Å². The molecule has 0 bridgehead atoms. The lowest BCUT2D eigenvalue weighted by Gasteiger charge is -2.24. The zero-order valence-electron chi connectivity index (χ0n) is 13.7. The Bertz CT molecular complexity index is 801. The highest BCUT2D eigenvalue weighted by atomic mass is 32.2. The van der Waals surface area contributed by atoms with E-state index in [9.17, 15) is 4.79 Å². The minimum Gasteiger partial charge on any atom is -0.486 e. The van der Waals surface area contributed by atoms with Gasteiger partial charge in [-0.3, -0.25) is 4.79 Å². The van der Waals surface area contributed by atoms with E-state index in [0.29, 0.717) is 36.9 Å². The van der Waals surface area contributed by atoms with Gasteiger partial charge in [-0.05, 0) is 19.1 Å². The van der Waals surface area contributed by atoms with Crippen LogP contribution in [0.4, 0.5) is 5.69 Å². The van der Waals surface area contributed by atoms with Gasteiger partial charge < -0.3 is 14.4 Å². The molecule has 1 aromatic carbocycles. The average molecular weight is 375 g/mol. The molecule has 0 aliphatic carbocycles. The van der Waals surface area contributed by atoms with Crippen LogP contribution in [0.5, 0.6) is 11.5 Å². The quantitative estimate of drug-likeness (QED) is 0.722. The summed E-state index contributed by atoms with van der Waals surface area (Å²) in [6.07, 6.45) is 0.265. The lowest BCUT2D eigenvalue weighted by molar-refractivity contribution is -0.116. The number of carbonyl (C=O) groups excluding carboxylic acids is 1. The Morgan fingerprint density at radius 1 is 1.40 bits per heavy atom. The second-order valence-corrected chi connectivity index (χ2v) is 7.41. The molecule has 2 aromatic rings. The number of hydrogen-bond acceptors (Lipinski definition) is 7. The molecule has 0 fully saturated rings. The number of nitrogens with zero attached hydrogens (tertiary/aromatic N) is 3. The normalized spacial score (nSPS) is 12.5. The van der Waals surface area contributed by atoms with Crippen LogP contribution in [0.1, 0.15) is 12.1 Å². The number of aryl methyl sites for hydroxylation is 1. The van der Waals surface area contributed by atoms with Crippen LogP contribution in [-0.2, 0) is 4.79 Å². The van der Waals surface area contributed by atoms with Crippen molar-refractivity contribution in [1.29, 1.82) is 5.26 Å². The number of fused-ring (bicyclic) bond motifs is 1. The van der Waals surface area contributed by atoms with Gasteiger partial charge in [0.05, 0.1) is 18.2 Å². The molecule has 8 heteroatoms. The van der Waals surface area contributed by atoms with Gasteiger partial charge in [-0.1, -0.05) is 11.8 Å². The van der Waals surface area contributed by atoms with Crippen LogP contribution in [0, 0.1) is 18.3 Å². The topological polar surface area (TPSA) is 75.5 Å². The molecule has 2 heterocycles. The van der Waals surface area contributed by atoms with Gasteiger partial charge >= 0.3 is 0 Å². The zero-order valence-corrected chi connectivity index (χ0v) is 15.4. The number of benzene rings is 1. The molecular formula is C17H17N3O3S2. The van der Waals surface area contributed by atoms with E-state index in [0.717, 1.165) is 10.0 Å². The number of thiazole rings is 1. The highest BCUT2D eigenvalue weighted by Crippen LogP contribution is 2.34. The number of nitriles is 1. The van der Waals surface area contributed by atoms with Crippen LogP contribution in [0.15, 0.2) is 27.9 Å². The Balaban J connectivity index is 1.74. The molecular weight excluding hydrogens is 358 g/mol. The molecule has 0 saturated carbocycles. The molecule has 0 N–H and O–H groups in total. The number of hydrogen-bond donors (Lipinski definition) is 0. The minimum atomic E-state index is -0.0650. The minimum absolute atomic E-state index is 0.0650. The molecule has 1 aliphatic heterocycles. The van der Waals surface area contributed by atoms with Gasteiger partial charge in [-0.15, -0.1) is 11.3 Å². The summed E-state index contributed by atoms with van der Waals surface area (Å²) in [5.41, 5.74) is 1.66. The summed E-state index contributed by atoms with van der Waals surface area (Å²) in [6.45, 7) is 3.28. The predicted molar refractivity (Wildman–Crippen MR) is 97.6 cm³/mol. The number of ether oxygens (including phenoxy) is 2. The van der Waals surface area contributed by atoms with Gasteiger partial charge in [-0.2, -0.15) is 5.26 Å². The van der Waals surface area contributed by atoms with Gasteiger partial charge in [0, 0.05) is 29.4 Å². The largest absolute Gasteiger partial charge is 0.486 e. The number of aromatic nitrogens is 1. The predicted octanol–water partition coefficient (Wildman–Crippen LogP) is 3.26.